The molecule has 0 unspecified atom stereocenters. The third-order valence-corrected chi connectivity index (χ3v) is 3.93. The molecule has 0 amide bonds. The van der Waals surface area contributed by atoms with Crippen molar-refractivity contribution in [2.24, 2.45) is 0 Å². The minimum atomic E-state index is -4.69. The van der Waals surface area contributed by atoms with E-state index in [0.29, 0.717) is 15.1 Å². The minimum Gasteiger partial charge on any atom is -0.462 e. The van der Waals surface area contributed by atoms with Crippen molar-refractivity contribution in [3.05, 3.63) is 52.3 Å². The van der Waals surface area contributed by atoms with Crippen LogP contribution in [-0.4, -0.2) is 27.2 Å². The molecule has 26 heavy (non-hydrogen) atoms. The molecule has 2 aromatic heterocycles. The Kier molecular flexibility index (Phi) is 4.62. The molecule has 0 saturated heterocycles. The molecule has 0 bridgehead atoms. The van der Waals surface area contributed by atoms with Crippen molar-refractivity contribution in [3.8, 4) is 11.3 Å². The normalized spacial score (nSPS) is 11.8. The summed E-state index contributed by atoms with van der Waals surface area (Å²) in [7, 11) is 0. The van der Waals surface area contributed by atoms with E-state index in [-0.39, 0.29) is 29.2 Å². The Morgan fingerprint density at radius 1 is 1.27 bits per heavy atom. The van der Waals surface area contributed by atoms with E-state index in [1.54, 1.807) is 31.2 Å². The number of ether oxygens (including phenoxy) is 1. The van der Waals surface area contributed by atoms with Crippen LogP contribution in [0.2, 0.25) is 5.02 Å². The van der Waals surface area contributed by atoms with Gasteiger partial charge in [-0.2, -0.15) is 18.3 Å². The summed E-state index contributed by atoms with van der Waals surface area (Å²) >= 11 is 5.83. The Morgan fingerprint density at radius 3 is 2.50 bits per heavy atom. The van der Waals surface area contributed by atoms with Crippen molar-refractivity contribution < 1.29 is 22.7 Å². The minimum absolute atomic E-state index is 0.0481. The van der Waals surface area contributed by atoms with Crippen molar-refractivity contribution in [1.29, 1.82) is 0 Å². The number of halogens is 4. The summed E-state index contributed by atoms with van der Waals surface area (Å²) in [4.78, 5) is 16.4. The van der Waals surface area contributed by atoms with Crippen LogP contribution in [0.15, 0.2) is 30.3 Å². The second kappa shape index (κ2) is 6.60. The standard InChI is InChI=1S/C17H13ClF3N3O2/c1-3-26-16(25)14-9(2)23-24-13(17(19,20)21)8-12(22-15(14)24)10-4-6-11(18)7-5-10/h4-8H,3H2,1-2H3. The lowest BCUT2D eigenvalue weighted by molar-refractivity contribution is -0.142. The second-order valence-corrected chi connectivity index (χ2v) is 5.88. The summed E-state index contributed by atoms with van der Waals surface area (Å²) in [5.41, 5.74) is -0.752. The van der Waals surface area contributed by atoms with E-state index >= 15 is 0 Å². The Morgan fingerprint density at radius 2 is 1.92 bits per heavy atom. The molecule has 0 N–H and O–H groups in total. The molecule has 0 spiro atoms. The van der Waals surface area contributed by atoms with Gasteiger partial charge < -0.3 is 4.74 Å². The van der Waals surface area contributed by atoms with Crippen LogP contribution in [0.4, 0.5) is 13.2 Å². The van der Waals surface area contributed by atoms with Crippen molar-refractivity contribution in [3.63, 3.8) is 0 Å². The molecule has 0 radical (unpaired) electrons. The highest BCUT2D eigenvalue weighted by atomic mass is 35.5. The van der Waals surface area contributed by atoms with Gasteiger partial charge in [-0.25, -0.2) is 14.3 Å². The highest BCUT2D eigenvalue weighted by Gasteiger charge is 2.36. The average molecular weight is 384 g/mol. The first-order valence-corrected chi connectivity index (χ1v) is 8.00. The fraction of sp³-hybridized carbons (Fsp3) is 0.235. The number of carbonyl (C=O) groups excluding carboxylic acids is 1. The summed E-state index contributed by atoms with van der Waals surface area (Å²) in [6, 6.07) is 7.08. The molecule has 136 valence electrons. The van der Waals surface area contributed by atoms with E-state index in [2.05, 4.69) is 10.1 Å². The number of hydrogen-bond acceptors (Lipinski definition) is 4. The van der Waals surface area contributed by atoms with Gasteiger partial charge in [-0.1, -0.05) is 23.7 Å². The van der Waals surface area contributed by atoms with E-state index in [1.165, 1.54) is 6.92 Å². The van der Waals surface area contributed by atoms with E-state index in [9.17, 15) is 18.0 Å². The number of aryl methyl sites for hydroxylation is 1. The van der Waals surface area contributed by atoms with Crippen LogP contribution in [0, 0.1) is 6.92 Å². The lowest BCUT2D eigenvalue weighted by atomic mass is 10.1. The summed E-state index contributed by atoms with van der Waals surface area (Å²) in [6.07, 6.45) is -4.69. The van der Waals surface area contributed by atoms with Gasteiger partial charge in [-0.15, -0.1) is 0 Å². The molecule has 0 aliphatic rings. The summed E-state index contributed by atoms with van der Waals surface area (Å²) in [5, 5.41) is 4.29. The molecule has 2 heterocycles. The Bertz CT molecular complexity index is 982. The topological polar surface area (TPSA) is 56.5 Å². The van der Waals surface area contributed by atoms with Gasteiger partial charge in [0.15, 0.2) is 11.3 Å². The van der Waals surface area contributed by atoms with Gasteiger partial charge in [0.05, 0.1) is 18.0 Å². The van der Waals surface area contributed by atoms with Gasteiger partial charge in [0.1, 0.15) is 5.56 Å². The number of alkyl halides is 3. The predicted octanol–water partition coefficient (Wildman–Crippen LogP) is 4.55. The first-order chi connectivity index (χ1) is 12.2. The lowest BCUT2D eigenvalue weighted by Gasteiger charge is -2.11. The monoisotopic (exact) mass is 383 g/mol. The smallest absolute Gasteiger partial charge is 0.433 e. The first-order valence-electron chi connectivity index (χ1n) is 7.63. The van der Waals surface area contributed by atoms with Crippen LogP contribution in [0.5, 0.6) is 0 Å². The molecular weight excluding hydrogens is 371 g/mol. The zero-order chi connectivity index (χ0) is 19.1. The average Bonchev–Trinajstić information content (AvgIpc) is 2.89. The number of nitrogens with zero attached hydrogens (tertiary/aromatic N) is 3. The fourth-order valence-corrected chi connectivity index (χ4v) is 2.66. The zero-order valence-electron chi connectivity index (χ0n) is 13.8. The summed E-state index contributed by atoms with van der Waals surface area (Å²) in [6.45, 7) is 3.12. The molecule has 0 atom stereocenters. The van der Waals surface area contributed by atoms with E-state index in [4.69, 9.17) is 16.3 Å². The van der Waals surface area contributed by atoms with Gasteiger partial charge in [0.2, 0.25) is 0 Å². The number of esters is 1. The first kappa shape index (κ1) is 18.2. The lowest BCUT2D eigenvalue weighted by Crippen LogP contribution is -2.14. The largest absolute Gasteiger partial charge is 0.462 e. The van der Waals surface area contributed by atoms with Gasteiger partial charge in [0.25, 0.3) is 0 Å². The van der Waals surface area contributed by atoms with Crippen LogP contribution >= 0.6 is 11.6 Å². The third kappa shape index (κ3) is 3.24. The number of aromatic nitrogens is 3. The van der Waals surface area contributed by atoms with E-state index in [0.717, 1.165) is 6.07 Å². The SMILES string of the molecule is CCOC(=O)c1c(C)nn2c(C(F)(F)F)cc(-c3ccc(Cl)cc3)nc12. The second-order valence-electron chi connectivity index (χ2n) is 5.45. The van der Waals surface area contributed by atoms with Crippen LogP contribution in [0.3, 0.4) is 0 Å². The number of hydrogen-bond donors (Lipinski definition) is 0. The van der Waals surface area contributed by atoms with Crippen LogP contribution in [0.25, 0.3) is 16.9 Å². The molecule has 0 aliphatic carbocycles. The highest BCUT2D eigenvalue weighted by molar-refractivity contribution is 6.30. The molecule has 3 aromatic rings. The zero-order valence-corrected chi connectivity index (χ0v) is 14.5. The Balaban J connectivity index is 2.32. The van der Waals surface area contributed by atoms with Crippen LogP contribution < -0.4 is 0 Å². The number of rotatable bonds is 3. The molecule has 0 aliphatic heterocycles. The van der Waals surface area contributed by atoms with Crippen molar-refractivity contribution >= 4 is 23.2 Å². The maximum absolute atomic E-state index is 13.5. The maximum atomic E-state index is 13.5. The van der Waals surface area contributed by atoms with Gasteiger partial charge in [-0.05, 0) is 32.0 Å². The molecular formula is C17H13ClF3N3O2. The molecule has 3 rings (SSSR count). The Labute approximate surface area is 151 Å². The fourth-order valence-electron chi connectivity index (χ4n) is 2.54. The van der Waals surface area contributed by atoms with Gasteiger partial charge in [0, 0.05) is 10.6 Å². The maximum Gasteiger partial charge on any atom is 0.433 e. The molecule has 1 aromatic carbocycles. The molecule has 0 fully saturated rings. The van der Waals surface area contributed by atoms with E-state index < -0.39 is 17.8 Å². The highest BCUT2D eigenvalue weighted by Crippen LogP contribution is 2.33. The number of fused-ring (bicyclic) bond motifs is 1. The van der Waals surface area contributed by atoms with Gasteiger partial charge >= 0.3 is 12.1 Å². The number of benzene rings is 1. The summed E-state index contributed by atoms with van der Waals surface area (Å²) < 4.78 is 46.2. The molecule has 9 heteroatoms. The van der Waals surface area contributed by atoms with Crippen molar-refractivity contribution in [2.45, 2.75) is 20.0 Å². The molecule has 0 saturated carbocycles. The predicted molar refractivity (Wildman–Crippen MR) is 89.1 cm³/mol. The van der Waals surface area contributed by atoms with Crippen molar-refractivity contribution in [1.82, 2.24) is 14.6 Å². The number of carbonyl (C=O) groups is 1. The van der Waals surface area contributed by atoms with Gasteiger partial charge in [-0.3, -0.25) is 0 Å². The van der Waals surface area contributed by atoms with Crippen LogP contribution in [0.1, 0.15) is 28.7 Å². The van der Waals surface area contributed by atoms with Crippen LogP contribution in [-0.2, 0) is 10.9 Å². The third-order valence-electron chi connectivity index (χ3n) is 3.67. The van der Waals surface area contributed by atoms with Crippen molar-refractivity contribution in [2.75, 3.05) is 6.61 Å². The molecule has 5 nitrogen and oxygen atoms in total. The quantitative estimate of drug-likeness (QED) is 0.622. The Hall–Kier alpha value is -2.61. The summed E-state index contributed by atoms with van der Waals surface area (Å²) in [5.74, 6) is -0.770. The van der Waals surface area contributed by atoms with E-state index in [1.807, 2.05) is 0 Å².